The average molecular weight is 621 g/mol. The molecule has 6 N–H and O–H groups in total. The molecule has 9 heteroatoms. The van der Waals surface area contributed by atoms with Crippen LogP contribution in [0.5, 0.6) is 0 Å². The van der Waals surface area contributed by atoms with Gasteiger partial charge in [0.15, 0.2) is 6.29 Å². The first-order chi connectivity index (χ1) is 20.4. The lowest BCUT2D eigenvalue weighted by Crippen LogP contribution is -2.68. The minimum atomic E-state index is -1.38. The van der Waals surface area contributed by atoms with Crippen molar-refractivity contribution in [1.29, 1.82) is 0 Å². The van der Waals surface area contributed by atoms with Crippen LogP contribution in [0.3, 0.4) is 0 Å². The summed E-state index contributed by atoms with van der Waals surface area (Å²) in [5, 5.41) is 64.4. The van der Waals surface area contributed by atoms with Gasteiger partial charge in [-0.25, -0.2) is 0 Å². The lowest BCUT2D eigenvalue weighted by Gasteiger charge is -2.72. The van der Waals surface area contributed by atoms with Crippen LogP contribution in [0.15, 0.2) is 11.6 Å². The second-order valence-electron chi connectivity index (χ2n) is 16.9. The Balaban J connectivity index is 1.34. The lowest BCUT2D eigenvalue weighted by molar-refractivity contribution is -0.312. The number of allylic oxidation sites excluding steroid dienone is 1. The molecule has 0 aromatic heterocycles. The van der Waals surface area contributed by atoms with Crippen LogP contribution in [-0.2, 0) is 14.3 Å². The standard InChI is InChI=1S/C35H56O9/c1-19-9-14-35(29(40)41)16-15-32(4)20(27(35)34(19,6)42)7-8-23-30(2)12-11-24(44-28-26(39)25(38)21(37)17-43-28)31(3,18-36)22(30)10-13-33(23,32)5/h7,19,21-28,36-39,42H,8-18H2,1-6H3,(H,40,41)/t19-,21+,22-,23-,24+,25-,26+,27-,28-,30+,31+,32-,33-,34-,35+/m1/s1. The Morgan fingerprint density at radius 1 is 0.955 bits per heavy atom. The summed E-state index contributed by atoms with van der Waals surface area (Å²) in [4.78, 5) is 13.0. The molecule has 4 saturated carbocycles. The van der Waals surface area contributed by atoms with E-state index in [1.54, 1.807) is 0 Å². The average Bonchev–Trinajstić information content (AvgIpc) is 2.96. The fourth-order valence-corrected chi connectivity index (χ4v) is 12.1. The van der Waals surface area contributed by atoms with Crippen LogP contribution in [0.1, 0.15) is 99.3 Å². The lowest BCUT2D eigenvalue weighted by atomic mass is 9.33. The van der Waals surface area contributed by atoms with Crippen LogP contribution in [0.4, 0.5) is 0 Å². The van der Waals surface area contributed by atoms with E-state index in [4.69, 9.17) is 9.47 Å². The molecule has 0 radical (unpaired) electrons. The van der Waals surface area contributed by atoms with Crippen molar-refractivity contribution < 1.29 is 44.9 Å². The van der Waals surface area contributed by atoms with Crippen LogP contribution in [0.2, 0.25) is 0 Å². The Morgan fingerprint density at radius 3 is 2.32 bits per heavy atom. The number of fused-ring (bicyclic) bond motifs is 7. The van der Waals surface area contributed by atoms with E-state index >= 15 is 0 Å². The highest BCUT2D eigenvalue weighted by atomic mass is 16.7. The Kier molecular flexibility index (Phi) is 7.81. The topological polar surface area (TPSA) is 157 Å². The van der Waals surface area contributed by atoms with Gasteiger partial charge in [-0.05, 0) is 98.7 Å². The molecule has 5 aliphatic carbocycles. The molecule has 1 heterocycles. The van der Waals surface area contributed by atoms with Crippen molar-refractivity contribution in [2.75, 3.05) is 13.2 Å². The van der Waals surface area contributed by atoms with Crippen molar-refractivity contribution in [3.8, 4) is 0 Å². The zero-order valence-electron chi connectivity index (χ0n) is 27.5. The number of carboxylic acids is 1. The van der Waals surface area contributed by atoms with Crippen molar-refractivity contribution in [3.63, 3.8) is 0 Å². The molecule has 1 saturated heterocycles. The van der Waals surface area contributed by atoms with E-state index in [1.165, 1.54) is 0 Å². The first-order valence-corrected chi connectivity index (χ1v) is 17.0. The van der Waals surface area contributed by atoms with Crippen molar-refractivity contribution in [1.82, 2.24) is 0 Å². The highest BCUT2D eigenvalue weighted by Crippen LogP contribution is 2.76. The molecule has 6 rings (SSSR count). The number of hydrogen-bond acceptors (Lipinski definition) is 8. The summed E-state index contributed by atoms with van der Waals surface area (Å²) in [7, 11) is 0. The maximum Gasteiger partial charge on any atom is 0.310 e. The van der Waals surface area contributed by atoms with Gasteiger partial charge < -0.3 is 40.1 Å². The third kappa shape index (κ3) is 4.12. The number of ether oxygens (including phenoxy) is 2. The summed E-state index contributed by atoms with van der Waals surface area (Å²) in [5.41, 5.74) is -1.99. The predicted molar refractivity (Wildman–Crippen MR) is 162 cm³/mol. The van der Waals surface area contributed by atoms with E-state index in [1.807, 2.05) is 6.92 Å². The van der Waals surface area contributed by atoms with Gasteiger partial charge in [0.1, 0.15) is 18.3 Å². The molecule has 250 valence electrons. The number of carboxylic acid groups (broad SMARTS) is 1. The van der Waals surface area contributed by atoms with Crippen molar-refractivity contribution in [3.05, 3.63) is 11.6 Å². The Morgan fingerprint density at radius 2 is 1.66 bits per heavy atom. The largest absolute Gasteiger partial charge is 0.481 e. The molecular formula is C35H56O9. The zero-order chi connectivity index (χ0) is 32.3. The van der Waals surface area contributed by atoms with E-state index in [0.717, 1.165) is 37.7 Å². The molecular weight excluding hydrogens is 564 g/mol. The molecule has 15 atom stereocenters. The van der Waals surface area contributed by atoms with Gasteiger partial charge in [0.2, 0.25) is 0 Å². The van der Waals surface area contributed by atoms with Crippen molar-refractivity contribution in [2.45, 2.75) is 136 Å². The fourth-order valence-electron chi connectivity index (χ4n) is 12.1. The molecule has 0 aromatic rings. The zero-order valence-corrected chi connectivity index (χ0v) is 27.5. The molecule has 0 aromatic carbocycles. The molecule has 0 amide bonds. The van der Waals surface area contributed by atoms with E-state index in [0.29, 0.717) is 31.6 Å². The highest BCUT2D eigenvalue weighted by Gasteiger charge is 2.71. The predicted octanol–water partition coefficient (Wildman–Crippen LogP) is 3.64. The van der Waals surface area contributed by atoms with Gasteiger partial charge in [0, 0.05) is 11.3 Å². The number of hydrogen-bond donors (Lipinski definition) is 6. The van der Waals surface area contributed by atoms with Gasteiger partial charge >= 0.3 is 5.97 Å². The summed E-state index contributed by atoms with van der Waals surface area (Å²) in [5.74, 6) is -0.747. The van der Waals surface area contributed by atoms with E-state index in [-0.39, 0.29) is 41.3 Å². The van der Waals surface area contributed by atoms with Crippen LogP contribution in [0, 0.1) is 50.7 Å². The third-order valence-corrected chi connectivity index (χ3v) is 15.3. The summed E-state index contributed by atoms with van der Waals surface area (Å²) in [6.07, 6.45) is 3.74. The summed E-state index contributed by atoms with van der Waals surface area (Å²) in [6, 6.07) is 0. The van der Waals surface area contributed by atoms with Crippen LogP contribution in [0.25, 0.3) is 0 Å². The second-order valence-corrected chi connectivity index (χ2v) is 16.9. The van der Waals surface area contributed by atoms with Crippen LogP contribution < -0.4 is 0 Å². The molecule has 1 aliphatic heterocycles. The first-order valence-electron chi connectivity index (χ1n) is 17.0. The van der Waals surface area contributed by atoms with Gasteiger partial charge in [-0.2, -0.15) is 0 Å². The maximum atomic E-state index is 13.0. The molecule has 6 aliphatic rings. The normalized spacial score (nSPS) is 57.2. The Hall–Kier alpha value is -1.07. The minimum Gasteiger partial charge on any atom is -0.481 e. The van der Waals surface area contributed by atoms with E-state index in [9.17, 15) is 35.4 Å². The fraction of sp³-hybridized carbons (Fsp3) is 0.914. The SMILES string of the molecule is C[C@@H]1CC[C@]2(C(=O)O)CC[C@]3(C)C(=CC[C@@H]4[C@@]5(C)CC[C@H](O[C@H]6OC[C@H](O)[C@@H](O)[C@@H]6O)[C@@](C)(CO)[C@@H]5CC[C@]43C)[C@@H]2[C@]1(C)O. The molecule has 44 heavy (non-hydrogen) atoms. The summed E-state index contributed by atoms with van der Waals surface area (Å²) < 4.78 is 12.0. The number of carbonyl (C=O) groups is 1. The smallest absolute Gasteiger partial charge is 0.310 e. The Labute approximate surface area is 262 Å². The summed E-state index contributed by atoms with van der Waals surface area (Å²) in [6.45, 7) is 12.9. The Bertz CT molecular complexity index is 1190. The molecule has 9 nitrogen and oxygen atoms in total. The van der Waals surface area contributed by atoms with Gasteiger partial charge in [-0.1, -0.05) is 46.3 Å². The maximum absolute atomic E-state index is 13.0. The second kappa shape index (κ2) is 10.5. The quantitative estimate of drug-likeness (QED) is 0.204. The van der Waals surface area contributed by atoms with Gasteiger partial charge in [-0.3, -0.25) is 4.79 Å². The molecule has 5 fully saturated rings. The van der Waals surface area contributed by atoms with E-state index < -0.39 is 59.0 Å². The minimum absolute atomic E-state index is 0.0126. The van der Waals surface area contributed by atoms with Crippen LogP contribution in [-0.4, -0.2) is 86.1 Å². The number of aliphatic hydroxyl groups excluding tert-OH is 4. The molecule has 0 unspecified atom stereocenters. The van der Waals surface area contributed by atoms with Gasteiger partial charge in [0.25, 0.3) is 0 Å². The number of aliphatic carboxylic acids is 1. The van der Waals surface area contributed by atoms with Crippen LogP contribution >= 0.6 is 0 Å². The first kappa shape index (κ1) is 32.9. The van der Waals surface area contributed by atoms with Crippen molar-refractivity contribution >= 4 is 5.97 Å². The van der Waals surface area contributed by atoms with Gasteiger partial charge in [0.05, 0.1) is 30.3 Å². The third-order valence-electron chi connectivity index (χ3n) is 15.3. The molecule has 0 spiro atoms. The number of aliphatic hydroxyl groups is 5. The van der Waals surface area contributed by atoms with Gasteiger partial charge in [-0.15, -0.1) is 0 Å². The highest BCUT2D eigenvalue weighted by molar-refractivity contribution is 5.77. The van der Waals surface area contributed by atoms with E-state index in [2.05, 4.69) is 40.7 Å². The number of rotatable bonds is 4. The monoisotopic (exact) mass is 620 g/mol. The summed E-state index contributed by atoms with van der Waals surface area (Å²) >= 11 is 0. The van der Waals surface area contributed by atoms with Crippen molar-refractivity contribution in [2.24, 2.45) is 50.7 Å². The molecule has 0 bridgehead atoms.